The van der Waals surface area contributed by atoms with Gasteiger partial charge in [0.2, 0.25) is 0 Å². The van der Waals surface area contributed by atoms with Gasteiger partial charge in [-0.3, -0.25) is 4.79 Å². The fraction of sp³-hybridized carbons (Fsp3) is 0.188. The van der Waals surface area contributed by atoms with Crippen LogP contribution >= 0.6 is 0 Å². The molecule has 1 amide bonds. The first-order chi connectivity index (χ1) is 10.7. The molecule has 0 aliphatic heterocycles. The first-order valence-corrected chi connectivity index (χ1v) is 7.04. The summed E-state index contributed by atoms with van der Waals surface area (Å²) < 4.78 is 1.98. The molecule has 0 fully saturated rings. The molecule has 0 atom stereocenters. The Labute approximate surface area is 128 Å². The smallest absolute Gasteiger partial charge is 0.251 e. The van der Waals surface area contributed by atoms with Crippen LogP contribution in [0.1, 0.15) is 27.3 Å². The Morgan fingerprint density at radius 3 is 2.77 bits per heavy atom. The standard InChI is InChI=1S/C16H17N5O/c1-12-15(20-10-19-12)8-18-16(22)14-4-2-13(3-5-14)9-21-7-6-17-11-21/h2-7,10-11H,8-9H2,1H3,(H,18,22)(H,19,20). The van der Waals surface area contributed by atoms with E-state index in [2.05, 4.69) is 20.3 Å². The molecule has 2 heterocycles. The zero-order valence-electron chi connectivity index (χ0n) is 12.3. The van der Waals surface area contributed by atoms with E-state index >= 15 is 0 Å². The van der Waals surface area contributed by atoms with Gasteiger partial charge in [-0.05, 0) is 24.6 Å². The Bertz CT molecular complexity index is 743. The molecular formula is C16H17N5O. The minimum absolute atomic E-state index is 0.100. The Kier molecular flexibility index (Phi) is 4.00. The van der Waals surface area contributed by atoms with E-state index < -0.39 is 0 Å². The van der Waals surface area contributed by atoms with E-state index in [-0.39, 0.29) is 5.91 Å². The molecule has 6 nitrogen and oxygen atoms in total. The van der Waals surface area contributed by atoms with Gasteiger partial charge in [-0.2, -0.15) is 0 Å². The molecule has 0 bridgehead atoms. The lowest BCUT2D eigenvalue weighted by Gasteiger charge is -2.06. The van der Waals surface area contributed by atoms with Crippen molar-refractivity contribution in [2.45, 2.75) is 20.0 Å². The average molecular weight is 295 g/mol. The third-order valence-electron chi connectivity index (χ3n) is 3.49. The van der Waals surface area contributed by atoms with Gasteiger partial charge in [-0.1, -0.05) is 12.1 Å². The summed E-state index contributed by atoms with van der Waals surface area (Å²) in [6.45, 7) is 3.10. The van der Waals surface area contributed by atoms with E-state index in [1.54, 1.807) is 18.9 Å². The number of carbonyl (C=O) groups is 1. The number of carbonyl (C=O) groups excluding carboxylic acids is 1. The minimum atomic E-state index is -0.100. The van der Waals surface area contributed by atoms with Crippen LogP contribution in [-0.4, -0.2) is 25.4 Å². The van der Waals surface area contributed by atoms with Gasteiger partial charge in [-0.25, -0.2) is 9.97 Å². The van der Waals surface area contributed by atoms with Crippen LogP contribution in [0.25, 0.3) is 0 Å². The van der Waals surface area contributed by atoms with Gasteiger partial charge in [0.05, 0.1) is 24.9 Å². The molecule has 3 aromatic rings. The second kappa shape index (κ2) is 6.26. The van der Waals surface area contributed by atoms with Crippen LogP contribution in [0.15, 0.2) is 49.3 Å². The third-order valence-corrected chi connectivity index (χ3v) is 3.49. The SMILES string of the molecule is Cc1[nH]cnc1CNC(=O)c1ccc(Cn2ccnc2)cc1. The molecule has 0 saturated carbocycles. The summed E-state index contributed by atoms with van der Waals surface area (Å²) >= 11 is 0. The summed E-state index contributed by atoms with van der Waals surface area (Å²) in [5, 5.41) is 2.87. The van der Waals surface area contributed by atoms with Crippen molar-refractivity contribution in [3.8, 4) is 0 Å². The largest absolute Gasteiger partial charge is 0.348 e. The number of rotatable bonds is 5. The van der Waals surface area contributed by atoms with E-state index in [0.717, 1.165) is 23.5 Å². The highest BCUT2D eigenvalue weighted by molar-refractivity contribution is 5.94. The third kappa shape index (κ3) is 3.22. The Hall–Kier alpha value is -2.89. The number of aromatic amines is 1. The molecule has 22 heavy (non-hydrogen) atoms. The Balaban J connectivity index is 1.60. The van der Waals surface area contributed by atoms with Crippen molar-refractivity contribution < 1.29 is 4.79 Å². The summed E-state index contributed by atoms with van der Waals surface area (Å²) in [4.78, 5) is 23.3. The van der Waals surface area contributed by atoms with Crippen LogP contribution < -0.4 is 5.32 Å². The summed E-state index contributed by atoms with van der Waals surface area (Å²) in [6.07, 6.45) is 7.06. The molecule has 0 radical (unpaired) electrons. The summed E-state index contributed by atoms with van der Waals surface area (Å²) in [6, 6.07) is 7.57. The number of hydrogen-bond acceptors (Lipinski definition) is 3. The second-order valence-corrected chi connectivity index (χ2v) is 5.09. The molecule has 112 valence electrons. The maximum Gasteiger partial charge on any atom is 0.251 e. The molecule has 0 aliphatic rings. The van der Waals surface area contributed by atoms with Crippen molar-refractivity contribution in [3.05, 3.63) is 71.8 Å². The summed E-state index contributed by atoms with van der Waals surface area (Å²) in [5.41, 5.74) is 3.58. The van der Waals surface area contributed by atoms with Crippen molar-refractivity contribution in [1.82, 2.24) is 24.8 Å². The summed E-state index contributed by atoms with van der Waals surface area (Å²) in [5.74, 6) is -0.100. The topological polar surface area (TPSA) is 75.6 Å². The zero-order chi connectivity index (χ0) is 15.4. The van der Waals surface area contributed by atoms with E-state index in [1.165, 1.54) is 0 Å². The molecule has 0 unspecified atom stereocenters. The fourth-order valence-corrected chi connectivity index (χ4v) is 2.18. The Morgan fingerprint density at radius 2 is 2.14 bits per heavy atom. The molecule has 0 saturated heterocycles. The van der Waals surface area contributed by atoms with Gasteiger partial charge in [-0.15, -0.1) is 0 Å². The molecule has 0 spiro atoms. The van der Waals surface area contributed by atoms with Crippen molar-refractivity contribution in [1.29, 1.82) is 0 Å². The maximum absolute atomic E-state index is 12.1. The highest BCUT2D eigenvalue weighted by atomic mass is 16.1. The molecule has 2 N–H and O–H groups in total. The number of aromatic nitrogens is 4. The van der Waals surface area contributed by atoms with Gasteiger partial charge in [0.25, 0.3) is 5.91 Å². The van der Waals surface area contributed by atoms with Crippen molar-refractivity contribution >= 4 is 5.91 Å². The van der Waals surface area contributed by atoms with Crippen molar-refractivity contribution in [2.75, 3.05) is 0 Å². The number of nitrogens with zero attached hydrogens (tertiary/aromatic N) is 3. The van der Waals surface area contributed by atoms with E-state index in [9.17, 15) is 4.79 Å². The molecule has 2 aromatic heterocycles. The average Bonchev–Trinajstić information content (AvgIpc) is 3.17. The van der Waals surface area contributed by atoms with Crippen LogP contribution in [0.2, 0.25) is 0 Å². The van der Waals surface area contributed by atoms with Crippen LogP contribution in [0.5, 0.6) is 0 Å². The normalized spacial score (nSPS) is 10.6. The number of nitrogens with one attached hydrogen (secondary N) is 2. The van der Waals surface area contributed by atoms with Crippen molar-refractivity contribution in [2.24, 2.45) is 0 Å². The second-order valence-electron chi connectivity index (χ2n) is 5.09. The first-order valence-electron chi connectivity index (χ1n) is 7.04. The number of imidazole rings is 2. The van der Waals surface area contributed by atoms with Crippen LogP contribution in [0, 0.1) is 6.92 Å². The quantitative estimate of drug-likeness (QED) is 0.754. The van der Waals surface area contributed by atoms with Gasteiger partial charge in [0.1, 0.15) is 0 Å². The number of amides is 1. The van der Waals surface area contributed by atoms with Crippen molar-refractivity contribution in [3.63, 3.8) is 0 Å². The number of H-pyrrole nitrogens is 1. The number of benzene rings is 1. The van der Waals surface area contributed by atoms with Crippen LogP contribution in [0.4, 0.5) is 0 Å². The van der Waals surface area contributed by atoms with E-state index in [1.807, 2.05) is 42.0 Å². The first kappa shape index (κ1) is 14.1. The highest BCUT2D eigenvalue weighted by Crippen LogP contribution is 2.07. The predicted molar refractivity (Wildman–Crippen MR) is 82.3 cm³/mol. The molecular weight excluding hydrogens is 278 g/mol. The monoisotopic (exact) mass is 295 g/mol. The number of hydrogen-bond donors (Lipinski definition) is 2. The molecule has 6 heteroatoms. The summed E-state index contributed by atoms with van der Waals surface area (Å²) in [7, 11) is 0. The molecule has 3 rings (SSSR count). The maximum atomic E-state index is 12.1. The Morgan fingerprint density at radius 1 is 1.32 bits per heavy atom. The fourth-order valence-electron chi connectivity index (χ4n) is 2.18. The van der Waals surface area contributed by atoms with Gasteiger partial charge in [0.15, 0.2) is 0 Å². The van der Waals surface area contributed by atoms with Gasteiger partial charge < -0.3 is 14.9 Å². The van der Waals surface area contributed by atoms with Gasteiger partial charge >= 0.3 is 0 Å². The molecule has 1 aromatic carbocycles. The van der Waals surface area contributed by atoms with E-state index in [0.29, 0.717) is 12.1 Å². The lowest BCUT2D eigenvalue weighted by atomic mass is 10.1. The van der Waals surface area contributed by atoms with E-state index in [4.69, 9.17) is 0 Å². The van der Waals surface area contributed by atoms with Gasteiger partial charge in [0, 0.05) is 30.2 Å². The predicted octanol–water partition coefficient (Wildman–Crippen LogP) is 1.89. The minimum Gasteiger partial charge on any atom is -0.348 e. The van der Waals surface area contributed by atoms with Crippen LogP contribution in [0.3, 0.4) is 0 Å². The molecule has 0 aliphatic carbocycles. The zero-order valence-corrected chi connectivity index (χ0v) is 12.3. The van der Waals surface area contributed by atoms with Crippen LogP contribution in [-0.2, 0) is 13.1 Å². The highest BCUT2D eigenvalue weighted by Gasteiger charge is 2.07. The lowest BCUT2D eigenvalue weighted by Crippen LogP contribution is -2.23. The lowest BCUT2D eigenvalue weighted by molar-refractivity contribution is 0.0950. The number of aryl methyl sites for hydroxylation is 1.